The summed E-state index contributed by atoms with van der Waals surface area (Å²) in [6.45, 7) is -0.511. The van der Waals surface area contributed by atoms with Crippen molar-refractivity contribution in [1.82, 2.24) is 20.2 Å². The van der Waals surface area contributed by atoms with Crippen molar-refractivity contribution in [2.75, 3.05) is 11.9 Å². The van der Waals surface area contributed by atoms with Gasteiger partial charge in [0.1, 0.15) is 12.1 Å². The number of amides is 1. The van der Waals surface area contributed by atoms with Crippen LogP contribution in [0.5, 0.6) is 0 Å². The molecule has 1 heterocycles. The van der Waals surface area contributed by atoms with Crippen molar-refractivity contribution in [3.63, 3.8) is 0 Å². The van der Waals surface area contributed by atoms with Crippen LogP contribution >= 0.6 is 0 Å². The van der Waals surface area contributed by atoms with Crippen molar-refractivity contribution in [2.45, 2.75) is 12.5 Å². The lowest BCUT2D eigenvalue weighted by atomic mass is 10.1. The van der Waals surface area contributed by atoms with E-state index in [4.69, 9.17) is 4.74 Å². The van der Waals surface area contributed by atoms with E-state index in [-0.39, 0.29) is 5.69 Å². The second kappa shape index (κ2) is 8.65. The second-order valence-electron chi connectivity index (χ2n) is 5.66. The van der Waals surface area contributed by atoms with Crippen LogP contribution in [0.4, 0.5) is 10.1 Å². The number of nitrogens with zero attached hydrogens (tertiary/aromatic N) is 4. The topological polar surface area (TPSA) is 99.0 Å². The molecule has 0 saturated carbocycles. The van der Waals surface area contributed by atoms with E-state index in [1.807, 2.05) is 30.3 Å². The van der Waals surface area contributed by atoms with Crippen LogP contribution in [-0.2, 0) is 20.7 Å². The third kappa shape index (κ3) is 5.18. The summed E-state index contributed by atoms with van der Waals surface area (Å²) < 4.78 is 19.5. The molecule has 0 fully saturated rings. The standard InChI is InChI=1S/C18H16FN5O3/c19-14-7-4-8-15(10-14)21-17(25)11-27-18(26)16(24-12-20-22-23-24)9-13-5-2-1-3-6-13/h1-8,10,12,16H,9,11H2,(H,21,25)/t16-/m0/s1. The molecule has 3 aromatic rings. The van der Waals surface area contributed by atoms with E-state index in [1.165, 1.54) is 35.3 Å². The summed E-state index contributed by atoms with van der Waals surface area (Å²) in [4.78, 5) is 24.4. The molecule has 2 aromatic carbocycles. The Morgan fingerprint density at radius 3 is 2.67 bits per heavy atom. The van der Waals surface area contributed by atoms with Gasteiger partial charge in [0.25, 0.3) is 5.91 Å². The molecule has 0 radical (unpaired) electrons. The smallest absolute Gasteiger partial charge is 0.331 e. The zero-order valence-electron chi connectivity index (χ0n) is 14.2. The molecule has 1 amide bonds. The van der Waals surface area contributed by atoms with Crippen LogP contribution in [-0.4, -0.2) is 38.7 Å². The van der Waals surface area contributed by atoms with E-state index in [0.29, 0.717) is 6.42 Å². The van der Waals surface area contributed by atoms with Crippen LogP contribution in [0.1, 0.15) is 11.6 Å². The maximum absolute atomic E-state index is 13.1. The lowest BCUT2D eigenvalue weighted by Gasteiger charge is -2.15. The van der Waals surface area contributed by atoms with Crippen molar-refractivity contribution in [2.24, 2.45) is 0 Å². The first-order valence-electron chi connectivity index (χ1n) is 8.10. The highest BCUT2D eigenvalue weighted by molar-refractivity contribution is 5.93. The molecule has 9 heteroatoms. The molecular weight excluding hydrogens is 353 g/mol. The van der Waals surface area contributed by atoms with Crippen LogP contribution < -0.4 is 5.32 Å². The Morgan fingerprint density at radius 1 is 1.15 bits per heavy atom. The molecule has 0 bridgehead atoms. The third-order valence-corrected chi connectivity index (χ3v) is 3.68. The van der Waals surface area contributed by atoms with E-state index >= 15 is 0 Å². The Labute approximate surface area is 154 Å². The average molecular weight is 369 g/mol. The molecule has 0 aliphatic rings. The summed E-state index contributed by atoms with van der Waals surface area (Å²) in [5, 5.41) is 13.3. The molecule has 27 heavy (non-hydrogen) atoms. The summed E-state index contributed by atoms with van der Waals surface area (Å²) in [6.07, 6.45) is 1.61. The zero-order chi connectivity index (χ0) is 19.1. The van der Waals surface area contributed by atoms with Crippen molar-refractivity contribution >= 4 is 17.6 Å². The van der Waals surface area contributed by atoms with Crippen molar-refractivity contribution in [1.29, 1.82) is 0 Å². The zero-order valence-corrected chi connectivity index (χ0v) is 14.2. The van der Waals surface area contributed by atoms with Gasteiger partial charge in [-0.25, -0.2) is 13.9 Å². The summed E-state index contributed by atoms with van der Waals surface area (Å²) >= 11 is 0. The summed E-state index contributed by atoms with van der Waals surface area (Å²) in [7, 11) is 0. The molecule has 1 atom stereocenters. The second-order valence-corrected chi connectivity index (χ2v) is 5.66. The van der Waals surface area contributed by atoms with E-state index in [2.05, 4.69) is 20.8 Å². The van der Waals surface area contributed by atoms with Crippen molar-refractivity contribution < 1.29 is 18.7 Å². The fraction of sp³-hybridized carbons (Fsp3) is 0.167. The van der Waals surface area contributed by atoms with Gasteiger partial charge in [0.2, 0.25) is 0 Å². The molecule has 0 saturated heterocycles. The molecule has 0 spiro atoms. The number of hydrogen-bond donors (Lipinski definition) is 1. The fourth-order valence-corrected chi connectivity index (χ4v) is 2.43. The molecule has 1 N–H and O–H groups in total. The monoisotopic (exact) mass is 369 g/mol. The Morgan fingerprint density at radius 2 is 1.96 bits per heavy atom. The molecule has 0 aliphatic carbocycles. The minimum atomic E-state index is -0.815. The average Bonchev–Trinajstić information content (AvgIpc) is 3.19. The SMILES string of the molecule is O=C(COC(=O)[C@H](Cc1ccccc1)n1cnnn1)Nc1cccc(F)c1. The number of anilines is 1. The number of aromatic nitrogens is 4. The maximum Gasteiger partial charge on any atom is 0.331 e. The molecule has 1 aromatic heterocycles. The minimum absolute atomic E-state index is 0.275. The number of benzene rings is 2. The summed E-state index contributed by atoms with van der Waals surface area (Å²) in [6, 6.07) is 13.9. The van der Waals surface area contributed by atoms with E-state index < -0.39 is 30.3 Å². The lowest BCUT2D eigenvalue weighted by Crippen LogP contribution is -2.28. The Kier molecular flexibility index (Phi) is 5.83. The number of hydrogen-bond acceptors (Lipinski definition) is 6. The Bertz CT molecular complexity index is 902. The Balaban J connectivity index is 1.61. The highest BCUT2D eigenvalue weighted by Gasteiger charge is 2.24. The summed E-state index contributed by atoms with van der Waals surface area (Å²) in [5.41, 5.74) is 1.16. The van der Waals surface area contributed by atoms with Gasteiger partial charge in [0, 0.05) is 12.1 Å². The van der Waals surface area contributed by atoms with Crippen LogP contribution in [0.3, 0.4) is 0 Å². The minimum Gasteiger partial charge on any atom is -0.454 e. The molecule has 8 nitrogen and oxygen atoms in total. The molecule has 138 valence electrons. The van der Waals surface area contributed by atoms with Crippen molar-refractivity contribution in [3.05, 3.63) is 72.3 Å². The van der Waals surface area contributed by atoms with Gasteiger partial charge in [0.15, 0.2) is 12.6 Å². The van der Waals surface area contributed by atoms with Crippen LogP contribution in [0.15, 0.2) is 60.9 Å². The molecular formula is C18H16FN5O3. The van der Waals surface area contributed by atoms with Gasteiger partial charge in [-0.3, -0.25) is 4.79 Å². The predicted octanol–water partition coefficient (Wildman–Crippen LogP) is 1.78. The number of rotatable bonds is 7. The summed E-state index contributed by atoms with van der Waals surface area (Å²) in [5.74, 6) is -1.71. The first kappa shape index (κ1) is 18.2. The van der Waals surface area contributed by atoms with Gasteiger partial charge in [-0.05, 0) is 34.2 Å². The number of carbonyl (C=O) groups excluding carboxylic acids is 2. The van der Waals surface area contributed by atoms with Crippen molar-refractivity contribution in [3.8, 4) is 0 Å². The first-order chi connectivity index (χ1) is 13.1. The van der Waals surface area contributed by atoms with E-state index in [9.17, 15) is 14.0 Å². The van der Waals surface area contributed by atoms with Gasteiger partial charge >= 0.3 is 5.97 Å². The lowest BCUT2D eigenvalue weighted by molar-refractivity contribution is -0.151. The number of ether oxygens (including phenoxy) is 1. The molecule has 0 aliphatic heterocycles. The molecule has 3 rings (SSSR count). The highest BCUT2D eigenvalue weighted by Crippen LogP contribution is 2.15. The fourth-order valence-electron chi connectivity index (χ4n) is 2.43. The Hall–Kier alpha value is -3.62. The molecule has 0 unspecified atom stereocenters. The van der Waals surface area contributed by atoms with Gasteiger partial charge < -0.3 is 10.1 Å². The number of esters is 1. The number of carbonyl (C=O) groups is 2. The third-order valence-electron chi connectivity index (χ3n) is 3.68. The van der Waals surface area contributed by atoms with E-state index in [1.54, 1.807) is 0 Å². The van der Waals surface area contributed by atoms with Gasteiger partial charge in [0.05, 0.1) is 0 Å². The van der Waals surface area contributed by atoms with Gasteiger partial charge in [-0.2, -0.15) is 0 Å². The van der Waals surface area contributed by atoms with Crippen LogP contribution in [0, 0.1) is 5.82 Å². The number of tetrazole rings is 1. The van der Waals surface area contributed by atoms with Gasteiger partial charge in [-0.1, -0.05) is 36.4 Å². The van der Waals surface area contributed by atoms with Crippen LogP contribution in [0.25, 0.3) is 0 Å². The van der Waals surface area contributed by atoms with Gasteiger partial charge in [-0.15, -0.1) is 5.10 Å². The quantitative estimate of drug-likeness (QED) is 0.638. The highest BCUT2D eigenvalue weighted by atomic mass is 19.1. The number of nitrogens with one attached hydrogen (secondary N) is 1. The first-order valence-corrected chi connectivity index (χ1v) is 8.10. The van der Waals surface area contributed by atoms with E-state index in [0.717, 1.165) is 5.56 Å². The maximum atomic E-state index is 13.1. The normalized spacial score (nSPS) is 11.6. The predicted molar refractivity (Wildman–Crippen MR) is 93.0 cm³/mol. The number of halogens is 1. The largest absolute Gasteiger partial charge is 0.454 e. The van der Waals surface area contributed by atoms with Crippen LogP contribution in [0.2, 0.25) is 0 Å².